The summed E-state index contributed by atoms with van der Waals surface area (Å²) in [5.41, 5.74) is 2.44. The molecule has 2 aliphatic heterocycles. The number of rotatable bonds is 5. The van der Waals surface area contributed by atoms with Gasteiger partial charge in [-0.25, -0.2) is 9.79 Å². The number of hydrogen-bond donors (Lipinski definition) is 1. The number of benzene rings is 1. The van der Waals surface area contributed by atoms with Gasteiger partial charge in [-0.3, -0.25) is 0 Å². The molecule has 0 spiro atoms. The Kier molecular flexibility index (Phi) is 9.56. The van der Waals surface area contributed by atoms with E-state index in [0.717, 1.165) is 38.7 Å². The van der Waals surface area contributed by atoms with Crippen LogP contribution in [0.15, 0.2) is 41.4 Å². The highest BCUT2D eigenvalue weighted by Crippen LogP contribution is 2.18. The van der Waals surface area contributed by atoms with E-state index in [4.69, 9.17) is 9.73 Å². The maximum absolute atomic E-state index is 11.9. The largest absolute Gasteiger partial charge is 0.450 e. The van der Waals surface area contributed by atoms with E-state index in [1.807, 2.05) is 6.92 Å². The second-order valence-corrected chi connectivity index (χ2v) is 6.89. The predicted octanol–water partition coefficient (Wildman–Crippen LogP) is 2.92. The van der Waals surface area contributed by atoms with Crippen LogP contribution < -0.4 is 10.2 Å². The molecule has 0 radical (unpaired) electrons. The molecule has 0 aliphatic carbocycles. The van der Waals surface area contributed by atoms with E-state index in [2.05, 4.69) is 58.5 Å². The lowest BCUT2D eigenvalue weighted by molar-refractivity contribution is 0.0914. The molecule has 1 fully saturated rings. The van der Waals surface area contributed by atoms with Crippen molar-refractivity contribution < 1.29 is 9.53 Å². The zero-order valence-corrected chi connectivity index (χ0v) is 19.7. The third-order valence-corrected chi connectivity index (χ3v) is 4.97. The summed E-state index contributed by atoms with van der Waals surface area (Å²) in [5.74, 6) is 0.902. The summed E-state index contributed by atoms with van der Waals surface area (Å²) < 4.78 is 5.09. The van der Waals surface area contributed by atoms with Crippen molar-refractivity contribution in [1.29, 1.82) is 0 Å². The smallest absolute Gasteiger partial charge is 0.409 e. The van der Waals surface area contributed by atoms with Crippen LogP contribution in [0.2, 0.25) is 0 Å². The SMILES string of the molecule is CCNC(=NCc1ccc(N2CC=CC2)cc1)N1CCN(C(=O)OCC)CC1.I. The molecule has 1 amide bonds. The van der Waals surface area contributed by atoms with E-state index in [1.54, 1.807) is 4.90 Å². The fourth-order valence-electron chi connectivity index (χ4n) is 3.41. The third kappa shape index (κ3) is 6.52. The predicted molar refractivity (Wildman–Crippen MR) is 128 cm³/mol. The first-order chi connectivity index (χ1) is 13.7. The first kappa shape index (κ1) is 23.3. The quantitative estimate of drug-likeness (QED) is 0.284. The number of carbonyl (C=O) groups is 1. The van der Waals surface area contributed by atoms with Crippen LogP contribution in [0.4, 0.5) is 10.5 Å². The number of amides is 1. The molecule has 0 saturated carbocycles. The van der Waals surface area contributed by atoms with Gasteiger partial charge in [0.15, 0.2) is 5.96 Å². The Bertz CT molecular complexity index is 692. The van der Waals surface area contributed by atoms with E-state index in [0.29, 0.717) is 26.2 Å². The van der Waals surface area contributed by atoms with Crippen molar-refractivity contribution in [3.63, 3.8) is 0 Å². The lowest BCUT2D eigenvalue weighted by Gasteiger charge is -2.35. The van der Waals surface area contributed by atoms with Gasteiger partial charge in [0.05, 0.1) is 13.2 Å². The van der Waals surface area contributed by atoms with Gasteiger partial charge in [0.1, 0.15) is 0 Å². The number of ether oxygens (including phenoxy) is 1. The van der Waals surface area contributed by atoms with Crippen molar-refractivity contribution in [1.82, 2.24) is 15.1 Å². The molecule has 0 atom stereocenters. The number of nitrogens with one attached hydrogen (secondary N) is 1. The monoisotopic (exact) mass is 513 g/mol. The van der Waals surface area contributed by atoms with Crippen molar-refractivity contribution in [2.45, 2.75) is 20.4 Å². The summed E-state index contributed by atoms with van der Waals surface area (Å²) >= 11 is 0. The van der Waals surface area contributed by atoms with Crippen LogP contribution in [0.25, 0.3) is 0 Å². The molecule has 3 rings (SSSR count). The van der Waals surface area contributed by atoms with Crippen molar-refractivity contribution >= 4 is 41.7 Å². The Balaban J connectivity index is 0.00000300. The van der Waals surface area contributed by atoms with Crippen molar-refractivity contribution in [3.05, 3.63) is 42.0 Å². The van der Waals surface area contributed by atoms with Gasteiger partial charge >= 0.3 is 6.09 Å². The zero-order valence-electron chi connectivity index (χ0n) is 17.3. The first-order valence-electron chi connectivity index (χ1n) is 10.1. The van der Waals surface area contributed by atoms with Crippen LogP contribution in [0, 0.1) is 0 Å². The molecule has 0 aromatic heterocycles. The Labute approximate surface area is 190 Å². The van der Waals surface area contributed by atoms with Gasteiger partial charge < -0.3 is 24.8 Å². The highest BCUT2D eigenvalue weighted by atomic mass is 127. The van der Waals surface area contributed by atoms with Gasteiger partial charge in [-0.1, -0.05) is 24.3 Å². The average molecular weight is 513 g/mol. The molecule has 160 valence electrons. The number of hydrogen-bond acceptors (Lipinski definition) is 4. The van der Waals surface area contributed by atoms with Gasteiger partial charge in [0.2, 0.25) is 0 Å². The summed E-state index contributed by atoms with van der Waals surface area (Å²) in [4.78, 5) is 23.0. The van der Waals surface area contributed by atoms with Crippen LogP contribution in [-0.4, -0.2) is 74.3 Å². The van der Waals surface area contributed by atoms with Gasteiger partial charge in [0, 0.05) is 51.5 Å². The minimum atomic E-state index is -0.225. The molecule has 1 N–H and O–H groups in total. The fraction of sp³-hybridized carbons (Fsp3) is 0.524. The van der Waals surface area contributed by atoms with Gasteiger partial charge in [-0.05, 0) is 31.5 Å². The second-order valence-electron chi connectivity index (χ2n) is 6.89. The van der Waals surface area contributed by atoms with E-state index in [9.17, 15) is 4.79 Å². The van der Waals surface area contributed by atoms with E-state index >= 15 is 0 Å². The molecule has 2 aliphatic rings. The van der Waals surface area contributed by atoms with E-state index in [-0.39, 0.29) is 30.1 Å². The number of aliphatic imine (C=N–C) groups is 1. The maximum atomic E-state index is 11.9. The minimum Gasteiger partial charge on any atom is -0.450 e. The molecular formula is C21H32IN5O2. The van der Waals surface area contributed by atoms with Gasteiger partial charge in [-0.15, -0.1) is 24.0 Å². The molecular weight excluding hydrogens is 481 g/mol. The lowest BCUT2D eigenvalue weighted by Crippen LogP contribution is -2.53. The Morgan fingerprint density at radius 1 is 1.03 bits per heavy atom. The molecule has 8 heteroatoms. The summed E-state index contributed by atoms with van der Waals surface area (Å²) in [6, 6.07) is 8.64. The van der Waals surface area contributed by atoms with Crippen molar-refractivity contribution in [2.75, 3.05) is 57.3 Å². The average Bonchev–Trinajstić information content (AvgIpc) is 3.27. The van der Waals surface area contributed by atoms with Crippen LogP contribution in [0.5, 0.6) is 0 Å². The molecule has 1 aromatic rings. The summed E-state index contributed by atoms with van der Waals surface area (Å²) in [6.45, 7) is 10.6. The third-order valence-electron chi connectivity index (χ3n) is 4.97. The van der Waals surface area contributed by atoms with Crippen LogP contribution in [-0.2, 0) is 11.3 Å². The molecule has 2 heterocycles. The topological polar surface area (TPSA) is 60.4 Å². The number of nitrogens with zero attached hydrogens (tertiary/aromatic N) is 4. The van der Waals surface area contributed by atoms with Crippen LogP contribution in [0.1, 0.15) is 19.4 Å². The molecule has 1 saturated heterocycles. The molecule has 0 bridgehead atoms. The Hall–Kier alpha value is -1.97. The number of halogens is 1. The summed E-state index contributed by atoms with van der Waals surface area (Å²) in [6.07, 6.45) is 4.17. The molecule has 0 unspecified atom stereocenters. The van der Waals surface area contributed by atoms with Gasteiger partial charge in [0.25, 0.3) is 0 Å². The zero-order chi connectivity index (χ0) is 19.8. The van der Waals surface area contributed by atoms with Crippen LogP contribution >= 0.6 is 24.0 Å². The van der Waals surface area contributed by atoms with E-state index < -0.39 is 0 Å². The highest BCUT2D eigenvalue weighted by molar-refractivity contribution is 14.0. The van der Waals surface area contributed by atoms with Crippen LogP contribution in [0.3, 0.4) is 0 Å². The fourth-order valence-corrected chi connectivity index (χ4v) is 3.41. The number of anilines is 1. The number of guanidine groups is 1. The normalized spacial score (nSPS) is 16.6. The highest BCUT2D eigenvalue weighted by Gasteiger charge is 2.23. The molecule has 7 nitrogen and oxygen atoms in total. The standard InChI is InChI=1S/C21H31N5O2.HI/c1-3-22-20(25-13-15-26(16-14-25)21(27)28-4-2)23-17-18-7-9-19(10-8-18)24-11-5-6-12-24;/h5-10H,3-4,11-17H2,1-2H3,(H,22,23);1H. The summed E-state index contributed by atoms with van der Waals surface area (Å²) in [7, 11) is 0. The lowest BCUT2D eigenvalue weighted by atomic mass is 10.2. The van der Waals surface area contributed by atoms with E-state index in [1.165, 1.54) is 11.3 Å². The Morgan fingerprint density at radius 3 is 2.24 bits per heavy atom. The number of carbonyl (C=O) groups excluding carboxylic acids is 1. The van der Waals surface area contributed by atoms with Crippen molar-refractivity contribution in [3.8, 4) is 0 Å². The molecule has 1 aromatic carbocycles. The molecule has 29 heavy (non-hydrogen) atoms. The Morgan fingerprint density at radius 2 is 1.66 bits per heavy atom. The van der Waals surface area contributed by atoms with Crippen molar-refractivity contribution in [2.24, 2.45) is 4.99 Å². The summed E-state index contributed by atoms with van der Waals surface area (Å²) in [5, 5.41) is 3.37. The first-order valence-corrected chi connectivity index (χ1v) is 10.1. The second kappa shape index (κ2) is 11.9. The van der Waals surface area contributed by atoms with Gasteiger partial charge in [-0.2, -0.15) is 0 Å². The minimum absolute atomic E-state index is 0. The number of piperazine rings is 1. The maximum Gasteiger partial charge on any atom is 0.409 e.